The van der Waals surface area contributed by atoms with Crippen LogP contribution in [0.3, 0.4) is 0 Å². The Bertz CT molecular complexity index is 520. The van der Waals surface area contributed by atoms with E-state index < -0.39 is 32.7 Å². The van der Waals surface area contributed by atoms with Crippen LogP contribution < -0.4 is 5.09 Å². The molecule has 0 fully saturated rings. The highest BCUT2D eigenvalue weighted by molar-refractivity contribution is 7.80. The number of nitrogens with one attached hydrogen (secondary N) is 1. The molecule has 11 heteroatoms. The SMILES string of the molecule is CC(C)N[P+](=C([Si](C)(C)C)[Si](C)(C)C)N(C(C)C)C(C)C.O=S([O-])C(F)(F)F. The average Bonchev–Trinajstić information content (AvgIpc) is 2.32. The molecule has 170 valence electrons. The first-order chi connectivity index (χ1) is 12.1. The zero-order valence-corrected chi connectivity index (χ0v) is 23.2. The van der Waals surface area contributed by atoms with E-state index in [4.69, 9.17) is 8.76 Å². The van der Waals surface area contributed by atoms with Crippen molar-refractivity contribution in [1.82, 2.24) is 9.76 Å². The number of hydrogen-bond acceptors (Lipinski definition) is 4. The van der Waals surface area contributed by atoms with Crippen molar-refractivity contribution in [2.45, 2.75) is 104 Å². The van der Waals surface area contributed by atoms with E-state index in [-0.39, 0.29) is 7.85 Å². The molecule has 4 nitrogen and oxygen atoms in total. The summed E-state index contributed by atoms with van der Waals surface area (Å²) in [5, 5.41) is 3.98. The Morgan fingerprint density at radius 3 is 1.36 bits per heavy atom. The van der Waals surface area contributed by atoms with Crippen LogP contribution in [-0.2, 0) is 11.1 Å². The zero-order chi connectivity index (χ0) is 23.2. The lowest BCUT2D eigenvalue weighted by Gasteiger charge is -2.32. The number of nitrogens with zero attached hydrogens (tertiary/aromatic N) is 1. The maximum Gasteiger partial charge on any atom is 0.458 e. The lowest BCUT2D eigenvalue weighted by Crippen LogP contribution is -2.52. The van der Waals surface area contributed by atoms with Gasteiger partial charge in [-0.15, -0.1) is 9.76 Å². The largest absolute Gasteiger partial charge is 0.766 e. The van der Waals surface area contributed by atoms with Crippen molar-refractivity contribution in [2.24, 2.45) is 0 Å². The molecule has 0 saturated carbocycles. The third kappa shape index (κ3) is 11.6. The van der Waals surface area contributed by atoms with Crippen LogP contribution in [0.1, 0.15) is 41.5 Å². The quantitative estimate of drug-likeness (QED) is 0.287. The van der Waals surface area contributed by atoms with Gasteiger partial charge in [0.25, 0.3) is 7.85 Å². The van der Waals surface area contributed by atoms with Gasteiger partial charge in [0, 0.05) is 18.1 Å². The van der Waals surface area contributed by atoms with Gasteiger partial charge < -0.3 is 4.55 Å². The van der Waals surface area contributed by atoms with Crippen LogP contribution in [0.5, 0.6) is 0 Å². The second-order valence-electron chi connectivity index (χ2n) is 9.69. The molecule has 0 amide bonds. The molecule has 0 saturated heterocycles. The second kappa shape index (κ2) is 11.7. The van der Waals surface area contributed by atoms with Gasteiger partial charge >= 0.3 is 5.51 Å². The molecule has 2 unspecified atom stereocenters. The summed E-state index contributed by atoms with van der Waals surface area (Å²) in [4.78, 5) is 0. The lowest BCUT2D eigenvalue weighted by atomic mass is 10.3. The minimum absolute atomic E-state index is 0.359. The molecule has 0 aliphatic rings. The van der Waals surface area contributed by atoms with Gasteiger partial charge in [-0.3, -0.25) is 4.21 Å². The summed E-state index contributed by atoms with van der Waals surface area (Å²) in [6, 6.07) is 1.72. The Morgan fingerprint density at radius 1 is 0.929 bits per heavy atom. The van der Waals surface area contributed by atoms with E-state index in [2.05, 4.69) is 90.6 Å². The molecule has 0 aromatic heterocycles. The average molecular weight is 481 g/mol. The molecular weight excluding hydrogens is 440 g/mol. The minimum atomic E-state index is -5.08. The van der Waals surface area contributed by atoms with Crippen molar-refractivity contribution in [3.05, 3.63) is 0 Å². The molecule has 0 radical (unpaired) electrons. The highest BCUT2D eigenvalue weighted by atomic mass is 32.2. The third-order valence-electron chi connectivity index (χ3n) is 3.49. The van der Waals surface area contributed by atoms with Gasteiger partial charge in [0.15, 0.2) is 0 Å². The summed E-state index contributed by atoms with van der Waals surface area (Å²) in [5.74, 6) is 0. The zero-order valence-electron chi connectivity index (χ0n) is 19.5. The van der Waals surface area contributed by atoms with Gasteiger partial charge in [-0.2, -0.15) is 13.2 Å². The smallest absolute Gasteiger partial charge is 0.458 e. The summed E-state index contributed by atoms with van der Waals surface area (Å²) in [5.41, 5.74) is -5.08. The van der Waals surface area contributed by atoms with Gasteiger partial charge in [-0.05, 0) is 41.5 Å². The molecule has 0 bridgehead atoms. The molecule has 0 aliphatic heterocycles. The van der Waals surface area contributed by atoms with Crippen LogP contribution in [0, 0.1) is 0 Å². The van der Waals surface area contributed by atoms with Gasteiger partial charge in [0.05, 0.1) is 15.6 Å². The maximum absolute atomic E-state index is 10.6. The highest BCUT2D eigenvalue weighted by Crippen LogP contribution is 2.38. The molecule has 0 spiro atoms. The van der Waals surface area contributed by atoms with Gasteiger partial charge in [0.1, 0.15) is 16.1 Å². The second-order valence-corrected chi connectivity index (χ2v) is 23.8. The topological polar surface area (TPSA) is 55.4 Å². The first kappa shape index (κ1) is 30.6. The van der Waals surface area contributed by atoms with Gasteiger partial charge in [-0.1, -0.05) is 39.3 Å². The molecule has 1 N–H and O–H groups in total. The number of rotatable bonds is 7. The normalized spacial score (nSPS) is 15.1. The summed E-state index contributed by atoms with van der Waals surface area (Å²) in [6.07, 6.45) is 0. The van der Waals surface area contributed by atoms with Crippen molar-refractivity contribution in [2.75, 3.05) is 0 Å². The lowest BCUT2D eigenvalue weighted by molar-refractivity contribution is -0.0452. The third-order valence-corrected chi connectivity index (χ3v) is 19.1. The van der Waals surface area contributed by atoms with E-state index in [1.54, 1.807) is 0 Å². The Morgan fingerprint density at radius 2 is 1.21 bits per heavy atom. The highest BCUT2D eigenvalue weighted by Gasteiger charge is 2.45. The van der Waals surface area contributed by atoms with E-state index in [1.807, 2.05) is 4.54 Å². The van der Waals surface area contributed by atoms with Gasteiger partial charge in [0.2, 0.25) is 0 Å². The molecule has 0 aromatic carbocycles. The summed E-state index contributed by atoms with van der Waals surface area (Å²) < 4.78 is 54.2. The van der Waals surface area contributed by atoms with Crippen LogP contribution in [0.15, 0.2) is 0 Å². The summed E-state index contributed by atoms with van der Waals surface area (Å²) in [7, 11) is -2.97. The van der Waals surface area contributed by atoms with E-state index in [1.165, 1.54) is 0 Å². The van der Waals surface area contributed by atoms with E-state index in [0.29, 0.717) is 18.1 Å². The Balaban J connectivity index is 0. The standard InChI is InChI=1S/C16H40N2PSi2.CHF3O2S/c1-13(2)17-19(18(14(3)4)15(5)6)16(20(7,8)9)21(10,11)12;2-1(3,4)7(5)6/h13-15,17H,1-12H3;(H,5,6)/q+1;/p-1. The molecule has 0 aromatic rings. The van der Waals surface area contributed by atoms with Crippen molar-refractivity contribution in [1.29, 1.82) is 0 Å². The van der Waals surface area contributed by atoms with Crippen molar-refractivity contribution < 1.29 is 21.9 Å². The van der Waals surface area contributed by atoms with Crippen LogP contribution in [-0.4, -0.2) is 57.8 Å². The van der Waals surface area contributed by atoms with Gasteiger partial charge in [-0.25, -0.2) is 0 Å². The van der Waals surface area contributed by atoms with Crippen LogP contribution in [0.4, 0.5) is 13.2 Å². The van der Waals surface area contributed by atoms with Crippen LogP contribution >= 0.6 is 7.85 Å². The minimum Gasteiger partial charge on any atom is -0.766 e. The summed E-state index contributed by atoms with van der Waals surface area (Å²) >= 11 is -3.93. The Kier molecular flexibility index (Phi) is 12.8. The molecule has 2 atom stereocenters. The fraction of sp³-hybridized carbons (Fsp3) is 0.941. The van der Waals surface area contributed by atoms with Crippen LogP contribution in [0.2, 0.25) is 39.3 Å². The van der Waals surface area contributed by atoms with Crippen molar-refractivity contribution >= 4 is 39.6 Å². The summed E-state index contributed by atoms with van der Waals surface area (Å²) in [6.45, 7) is 29.2. The first-order valence-corrected chi connectivity index (χ1v) is 18.9. The maximum atomic E-state index is 10.6. The number of alkyl halides is 3. The Labute approximate surface area is 175 Å². The van der Waals surface area contributed by atoms with Crippen LogP contribution in [0.25, 0.3) is 0 Å². The van der Waals surface area contributed by atoms with E-state index in [0.717, 1.165) is 0 Å². The molecular formula is C17H40F3N2O2PSSi2. The van der Waals surface area contributed by atoms with E-state index in [9.17, 15) is 13.2 Å². The fourth-order valence-electron chi connectivity index (χ4n) is 3.31. The van der Waals surface area contributed by atoms with Crippen molar-refractivity contribution in [3.63, 3.8) is 0 Å². The predicted molar refractivity (Wildman–Crippen MR) is 124 cm³/mol. The monoisotopic (exact) mass is 480 g/mol. The number of halogens is 3. The molecule has 0 aliphatic carbocycles. The number of hydrogen-bond donors (Lipinski definition) is 1. The molecule has 0 heterocycles. The molecule has 0 rings (SSSR count). The Hall–Kier alpha value is 0.424. The van der Waals surface area contributed by atoms with Crippen molar-refractivity contribution in [3.8, 4) is 0 Å². The predicted octanol–water partition coefficient (Wildman–Crippen LogP) is 5.73. The van der Waals surface area contributed by atoms with E-state index >= 15 is 0 Å². The molecule has 28 heavy (non-hydrogen) atoms. The first-order valence-electron chi connectivity index (χ1n) is 9.52. The fourth-order valence-corrected chi connectivity index (χ4v) is 20.4.